The Kier molecular flexibility index (Phi) is 6.59. The summed E-state index contributed by atoms with van der Waals surface area (Å²) in [5.74, 6) is -1.74. The maximum Gasteiger partial charge on any atom is 0.448 e. The van der Waals surface area contributed by atoms with Gasteiger partial charge in [0.2, 0.25) is 0 Å². The number of carbonyl (C=O) groups is 2. The molecule has 0 aliphatic heterocycles. The zero-order chi connectivity index (χ0) is 18.4. The molecule has 0 fully saturated rings. The number of hydrogen-bond donors (Lipinski definition) is 2. The molecule has 134 valence electrons. The number of aryl methyl sites for hydroxylation is 1. The van der Waals surface area contributed by atoms with Crippen LogP contribution in [-0.2, 0) is 14.3 Å². The number of carbonyl (C=O) groups excluding carboxylic acids is 2. The molecule has 1 atom stereocenters. The molecule has 0 spiro atoms. The lowest BCUT2D eigenvalue weighted by Gasteiger charge is -2.33. The summed E-state index contributed by atoms with van der Waals surface area (Å²) in [5.41, 5.74) is -2.51. The fraction of sp³-hybridized carbons (Fsp3) is 0.467. The van der Waals surface area contributed by atoms with Crippen molar-refractivity contribution in [1.82, 2.24) is 5.32 Å². The first kappa shape index (κ1) is 19.8. The minimum atomic E-state index is -5.21. The van der Waals surface area contributed by atoms with E-state index in [0.29, 0.717) is 0 Å². The minimum Gasteiger partial charge on any atom is -0.462 e. The first-order valence-corrected chi connectivity index (χ1v) is 7.20. The van der Waals surface area contributed by atoms with Crippen LogP contribution >= 0.6 is 0 Å². The van der Waals surface area contributed by atoms with Crippen LogP contribution in [0, 0.1) is 6.92 Å². The second kappa shape index (κ2) is 8.00. The number of urea groups is 1. The molecule has 1 aromatic rings. The van der Waals surface area contributed by atoms with Gasteiger partial charge in [-0.2, -0.15) is 13.2 Å². The molecule has 0 aliphatic carbocycles. The highest BCUT2D eigenvalue weighted by molar-refractivity contribution is 5.94. The largest absolute Gasteiger partial charge is 0.462 e. The summed E-state index contributed by atoms with van der Waals surface area (Å²) >= 11 is 0. The van der Waals surface area contributed by atoms with Crippen LogP contribution in [-0.4, -0.2) is 37.1 Å². The van der Waals surface area contributed by atoms with Gasteiger partial charge in [-0.15, -0.1) is 0 Å². The van der Waals surface area contributed by atoms with Crippen LogP contribution < -0.4 is 10.6 Å². The average molecular weight is 348 g/mol. The topological polar surface area (TPSA) is 76.7 Å². The van der Waals surface area contributed by atoms with Gasteiger partial charge in [-0.05, 0) is 38.5 Å². The van der Waals surface area contributed by atoms with Crippen molar-refractivity contribution in [2.45, 2.75) is 32.7 Å². The normalized spacial score (nSPS) is 13.8. The molecule has 0 bridgehead atoms. The standard InChI is InChI=1S/C15H19F3N2O4/c1-4-23-12(21)14(24-5-2,15(16,17)18)20-13(22)19-11-8-6-7-10(3)9-11/h6-9H,4-5H2,1-3H3,(H2,19,20,22)/t14-/m0/s1. The highest BCUT2D eigenvalue weighted by atomic mass is 19.4. The van der Waals surface area contributed by atoms with Crippen LogP contribution in [0.2, 0.25) is 0 Å². The first-order valence-electron chi connectivity index (χ1n) is 7.20. The third-order valence-corrected chi connectivity index (χ3v) is 2.89. The van der Waals surface area contributed by atoms with Gasteiger partial charge in [-0.25, -0.2) is 9.59 Å². The molecular weight excluding hydrogens is 329 g/mol. The molecular formula is C15H19F3N2O4. The second-order valence-electron chi connectivity index (χ2n) is 4.78. The Morgan fingerprint density at radius 3 is 2.33 bits per heavy atom. The van der Waals surface area contributed by atoms with E-state index in [0.717, 1.165) is 5.56 Å². The Hall–Kier alpha value is -2.29. The van der Waals surface area contributed by atoms with Gasteiger partial charge in [0.15, 0.2) is 0 Å². The van der Waals surface area contributed by atoms with Gasteiger partial charge in [0.25, 0.3) is 0 Å². The molecule has 0 heterocycles. The molecule has 2 amide bonds. The second-order valence-corrected chi connectivity index (χ2v) is 4.78. The van der Waals surface area contributed by atoms with Gasteiger partial charge in [0.1, 0.15) is 0 Å². The molecule has 0 unspecified atom stereocenters. The maximum absolute atomic E-state index is 13.4. The van der Waals surface area contributed by atoms with E-state index in [1.165, 1.54) is 19.9 Å². The van der Waals surface area contributed by atoms with Gasteiger partial charge in [0.05, 0.1) is 6.61 Å². The van der Waals surface area contributed by atoms with E-state index < -0.39 is 30.5 Å². The summed E-state index contributed by atoms with van der Waals surface area (Å²) in [6.45, 7) is 3.59. The molecule has 1 aromatic carbocycles. The van der Waals surface area contributed by atoms with Crippen LogP contribution in [0.1, 0.15) is 19.4 Å². The number of benzene rings is 1. The monoisotopic (exact) mass is 348 g/mol. The van der Waals surface area contributed by atoms with E-state index in [9.17, 15) is 22.8 Å². The van der Waals surface area contributed by atoms with Crippen LogP contribution in [0.5, 0.6) is 0 Å². The van der Waals surface area contributed by atoms with Crippen LogP contribution in [0.15, 0.2) is 24.3 Å². The molecule has 0 aromatic heterocycles. The Morgan fingerprint density at radius 1 is 1.17 bits per heavy atom. The van der Waals surface area contributed by atoms with Gasteiger partial charge in [-0.1, -0.05) is 12.1 Å². The molecule has 9 heteroatoms. The number of halogens is 3. The van der Waals surface area contributed by atoms with Crippen LogP contribution in [0.4, 0.5) is 23.7 Å². The summed E-state index contributed by atoms with van der Waals surface area (Å²) in [6, 6.07) is 5.17. The molecule has 0 aliphatic rings. The van der Waals surface area contributed by atoms with Gasteiger partial charge < -0.3 is 14.8 Å². The van der Waals surface area contributed by atoms with Crippen molar-refractivity contribution in [2.24, 2.45) is 0 Å². The van der Waals surface area contributed by atoms with E-state index in [4.69, 9.17) is 0 Å². The quantitative estimate of drug-likeness (QED) is 0.612. The number of amides is 2. The molecule has 0 radical (unpaired) electrons. The van der Waals surface area contributed by atoms with Gasteiger partial charge >= 0.3 is 23.9 Å². The Morgan fingerprint density at radius 2 is 1.83 bits per heavy atom. The lowest BCUT2D eigenvalue weighted by molar-refractivity contribution is -0.282. The summed E-state index contributed by atoms with van der Waals surface area (Å²) < 4.78 is 49.3. The van der Waals surface area contributed by atoms with E-state index in [-0.39, 0.29) is 12.3 Å². The Balaban J connectivity index is 3.06. The number of rotatable bonds is 6. The number of nitrogens with one attached hydrogen (secondary N) is 2. The van der Waals surface area contributed by atoms with Gasteiger partial charge in [0, 0.05) is 12.3 Å². The van der Waals surface area contributed by atoms with Crippen molar-refractivity contribution in [2.75, 3.05) is 18.5 Å². The molecule has 24 heavy (non-hydrogen) atoms. The van der Waals surface area contributed by atoms with Crippen molar-refractivity contribution in [1.29, 1.82) is 0 Å². The zero-order valence-electron chi connectivity index (χ0n) is 13.5. The number of ether oxygens (including phenoxy) is 2. The number of hydrogen-bond acceptors (Lipinski definition) is 4. The van der Waals surface area contributed by atoms with E-state index in [1.54, 1.807) is 30.4 Å². The predicted molar refractivity (Wildman–Crippen MR) is 80.4 cm³/mol. The Labute approximate surface area is 137 Å². The number of anilines is 1. The molecule has 6 nitrogen and oxygen atoms in total. The fourth-order valence-electron chi connectivity index (χ4n) is 1.91. The van der Waals surface area contributed by atoms with E-state index in [2.05, 4.69) is 14.8 Å². The third-order valence-electron chi connectivity index (χ3n) is 2.89. The van der Waals surface area contributed by atoms with E-state index in [1.807, 2.05) is 0 Å². The Bertz CT molecular complexity index is 592. The molecule has 0 saturated heterocycles. The molecule has 2 N–H and O–H groups in total. The summed E-state index contributed by atoms with van der Waals surface area (Å²) in [5, 5.41) is 3.78. The number of alkyl halides is 3. The van der Waals surface area contributed by atoms with Crippen molar-refractivity contribution in [3.05, 3.63) is 29.8 Å². The highest BCUT2D eigenvalue weighted by Crippen LogP contribution is 2.33. The van der Waals surface area contributed by atoms with Crippen LogP contribution in [0.25, 0.3) is 0 Å². The summed E-state index contributed by atoms with van der Waals surface area (Å²) in [4.78, 5) is 23.8. The van der Waals surface area contributed by atoms with Crippen molar-refractivity contribution >= 4 is 17.7 Å². The average Bonchev–Trinajstić information content (AvgIpc) is 2.45. The first-order chi connectivity index (χ1) is 11.2. The lowest BCUT2D eigenvalue weighted by Crippen LogP contribution is -2.67. The lowest BCUT2D eigenvalue weighted by atomic mass is 10.2. The van der Waals surface area contributed by atoms with Crippen molar-refractivity contribution < 1.29 is 32.2 Å². The van der Waals surface area contributed by atoms with Crippen molar-refractivity contribution in [3.63, 3.8) is 0 Å². The van der Waals surface area contributed by atoms with E-state index >= 15 is 0 Å². The molecule has 0 saturated carbocycles. The van der Waals surface area contributed by atoms with Crippen molar-refractivity contribution in [3.8, 4) is 0 Å². The number of esters is 1. The SMILES string of the molecule is CCOC(=O)[C@](NC(=O)Nc1cccc(C)c1)(OCC)C(F)(F)F. The van der Waals surface area contributed by atoms with Crippen LogP contribution in [0.3, 0.4) is 0 Å². The predicted octanol–water partition coefficient (Wildman–Crippen LogP) is 2.97. The third kappa shape index (κ3) is 4.60. The maximum atomic E-state index is 13.4. The van der Waals surface area contributed by atoms with Gasteiger partial charge in [-0.3, -0.25) is 5.32 Å². The smallest absolute Gasteiger partial charge is 0.448 e. The zero-order valence-corrected chi connectivity index (χ0v) is 13.5. The highest BCUT2D eigenvalue weighted by Gasteiger charge is 2.64. The summed E-state index contributed by atoms with van der Waals surface area (Å²) in [7, 11) is 0. The summed E-state index contributed by atoms with van der Waals surface area (Å²) in [6.07, 6.45) is -5.21. The fourth-order valence-corrected chi connectivity index (χ4v) is 1.91. The minimum absolute atomic E-state index is 0.268. The molecule has 1 rings (SSSR count).